The first-order valence-electron chi connectivity index (χ1n) is 7.48. The summed E-state index contributed by atoms with van der Waals surface area (Å²) >= 11 is 11.7. The van der Waals surface area contributed by atoms with Crippen molar-refractivity contribution in [2.75, 3.05) is 20.2 Å². The van der Waals surface area contributed by atoms with E-state index >= 15 is 0 Å². The van der Waals surface area contributed by atoms with Crippen LogP contribution in [0.15, 0.2) is 18.2 Å². The molecule has 0 aromatic heterocycles. The van der Waals surface area contributed by atoms with E-state index in [1.807, 2.05) is 0 Å². The van der Waals surface area contributed by atoms with Crippen molar-refractivity contribution in [1.82, 2.24) is 10.2 Å². The van der Waals surface area contributed by atoms with E-state index in [1.165, 1.54) is 11.9 Å². The summed E-state index contributed by atoms with van der Waals surface area (Å²) in [7, 11) is 1.49. The number of carbonyl (C=O) groups is 3. The number of benzene rings is 1. The third-order valence-corrected chi connectivity index (χ3v) is 4.18. The van der Waals surface area contributed by atoms with Crippen LogP contribution in [-0.2, 0) is 25.5 Å². The summed E-state index contributed by atoms with van der Waals surface area (Å²) in [5.41, 5.74) is 0.638. The standard InChI is InChI=1S/C16H18Cl2N2O4/c1-20(8-14(21)19-11-3-4-11)15(22)9-24-16(23)7-10-2-5-12(17)13(18)6-10/h2,5-6,11H,3-4,7-9H2,1H3,(H,19,21). The SMILES string of the molecule is CN(CC(=O)NC1CC1)C(=O)COC(=O)Cc1ccc(Cl)c(Cl)c1. The highest BCUT2D eigenvalue weighted by molar-refractivity contribution is 6.42. The molecule has 2 amide bonds. The molecule has 1 aromatic carbocycles. The number of nitrogens with zero attached hydrogens (tertiary/aromatic N) is 1. The number of halogens is 2. The predicted molar refractivity (Wildman–Crippen MR) is 89.9 cm³/mol. The van der Waals surface area contributed by atoms with Gasteiger partial charge < -0.3 is 15.0 Å². The van der Waals surface area contributed by atoms with Crippen LogP contribution in [0.1, 0.15) is 18.4 Å². The van der Waals surface area contributed by atoms with Gasteiger partial charge in [-0.15, -0.1) is 0 Å². The maximum Gasteiger partial charge on any atom is 0.310 e. The molecule has 0 atom stereocenters. The lowest BCUT2D eigenvalue weighted by molar-refractivity contribution is -0.151. The first-order chi connectivity index (χ1) is 11.3. The van der Waals surface area contributed by atoms with Crippen molar-refractivity contribution in [3.63, 3.8) is 0 Å². The summed E-state index contributed by atoms with van der Waals surface area (Å²) in [5.74, 6) is -1.21. The molecule has 1 saturated carbocycles. The zero-order chi connectivity index (χ0) is 17.7. The molecule has 0 unspecified atom stereocenters. The number of carbonyl (C=O) groups excluding carboxylic acids is 3. The molecule has 8 heteroatoms. The van der Waals surface area contributed by atoms with Gasteiger partial charge in [-0.25, -0.2) is 0 Å². The first kappa shape index (κ1) is 18.5. The van der Waals surface area contributed by atoms with Crippen molar-refractivity contribution in [2.45, 2.75) is 25.3 Å². The van der Waals surface area contributed by atoms with Crippen molar-refractivity contribution in [2.24, 2.45) is 0 Å². The normalized spacial score (nSPS) is 13.3. The van der Waals surface area contributed by atoms with Crippen LogP contribution in [0.3, 0.4) is 0 Å². The Morgan fingerprint density at radius 1 is 1.25 bits per heavy atom. The average Bonchev–Trinajstić information content (AvgIpc) is 3.32. The zero-order valence-electron chi connectivity index (χ0n) is 13.2. The van der Waals surface area contributed by atoms with Crippen LogP contribution in [0.2, 0.25) is 10.0 Å². The van der Waals surface area contributed by atoms with E-state index < -0.39 is 18.5 Å². The molecular weight excluding hydrogens is 355 g/mol. The maximum absolute atomic E-state index is 11.9. The minimum absolute atomic E-state index is 0.0178. The molecule has 1 fully saturated rings. The van der Waals surface area contributed by atoms with Crippen molar-refractivity contribution in [1.29, 1.82) is 0 Å². The second-order valence-corrected chi connectivity index (χ2v) is 6.49. The highest BCUT2D eigenvalue weighted by Crippen LogP contribution is 2.22. The molecule has 1 aromatic rings. The smallest absolute Gasteiger partial charge is 0.310 e. The van der Waals surface area contributed by atoms with Gasteiger partial charge in [-0.1, -0.05) is 29.3 Å². The number of rotatable bonds is 7. The summed E-state index contributed by atoms with van der Waals surface area (Å²) in [4.78, 5) is 36.5. The fourth-order valence-corrected chi connectivity index (χ4v) is 2.24. The third-order valence-electron chi connectivity index (χ3n) is 3.44. The number of likely N-dealkylation sites (N-methyl/N-ethyl adjacent to an activating group) is 1. The van der Waals surface area contributed by atoms with Crippen molar-refractivity contribution in [3.05, 3.63) is 33.8 Å². The number of hydrogen-bond acceptors (Lipinski definition) is 4. The van der Waals surface area contributed by atoms with Gasteiger partial charge in [-0.05, 0) is 30.5 Å². The Kier molecular flexibility index (Phi) is 6.45. The minimum Gasteiger partial charge on any atom is -0.455 e. The quantitative estimate of drug-likeness (QED) is 0.740. The Morgan fingerprint density at radius 2 is 1.96 bits per heavy atom. The van der Waals surface area contributed by atoms with Crippen LogP contribution in [-0.4, -0.2) is 48.9 Å². The number of nitrogens with one attached hydrogen (secondary N) is 1. The van der Waals surface area contributed by atoms with Gasteiger partial charge in [0.15, 0.2) is 6.61 Å². The molecule has 6 nitrogen and oxygen atoms in total. The van der Waals surface area contributed by atoms with Crippen LogP contribution in [0.5, 0.6) is 0 Å². The summed E-state index contributed by atoms with van der Waals surface area (Å²) in [6.07, 6.45) is 1.95. The van der Waals surface area contributed by atoms with Gasteiger partial charge in [0, 0.05) is 13.1 Å². The third kappa shape index (κ3) is 6.02. The second kappa shape index (κ2) is 8.35. The van der Waals surface area contributed by atoms with Crippen LogP contribution >= 0.6 is 23.2 Å². The lowest BCUT2D eigenvalue weighted by Crippen LogP contribution is -2.40. The molecule has 1 N–H and O–H groups in total. The molecule has 0 bridgehead atoms. The summed E-state index contributed by atoms with van der Waals surface area (Å²) in [6, 6.07) is 5.06. The van der Waals surface area contributed by atoms with Crippen LogP contribution in [0.4, 0.5) is 0 Å². The topological polar surface area (TPSA) is 75.7 Å². The van der Waals surface area contributed by atoms with E-state index in [2.05, 4.69) is 5.32 Å². The van der Waals surface area contributed by atoms with Crippen molar-refractivity contribution < 1.29 is 19.1 Å². The Labute approximate surface area is 150 Å². The number of amides is 2. The number of esters is 1. The second-order valence-electron chi connectivity index (χ2n) is 5.68. The Morgan fingerprint density at radius 3 is 2.58 bits per heavy atom. The molecule has 2 rings (SSSR count). The van der Waals surface area contributed by atoms with Gasteiger partial charge in [0.2, 0.25) is 5.91 Å². The summed E-state index contributed by atoms with van der Waals surface area (Å²) < 4.78 is 4.94. The highest BCUT2D eigenvalue weighted by atomic mass is 35.5. The van der Waals surface area contributed by atoms with Gasteiger partial charge in [0.1, 0.15) is 0 Å². The van der Waals surface area contributed by atoms with E-state index in [0.717, 1.165) is 12.8 Å². The zero-order valence-corrected chi connectivity index (χ0v) is 14.7. The molecule has 0 spiro atoms. The number of hydrogen-bond donors (Lipinski definition) is 1. The molecular formula is C16H18Cl2N2O4. The maximum atomic E-state index is 11.9. The monoisotopic (exact) mass is 372 g/mol. The number of ether oxygens (including phenoxy) is 1. The summed E-state index contributed by atoms with van der Waals surface area (Å²) in [5, 5.41) is 3.53. The van der Waals surface area contributed by atoms with Gasteiger partial charge >= 0.3 is 5.97 Å². The van der Waals surface area contributed by atoms with E-state index in [4.69, 9.17) is 27.9 Å². The Hall–Kier alpha value is -1.79. The van der Waals surface area contributed by atoms with E-state index in [-0.39, 0.29) is 24.9 Å². The fourth-order valence-electron chi connectivity index (χ4n) is 1.92. The van der Waals surface area contributed by atoms with E-state index in [9.17, 15) is 14.4 Å². The fraction of sp³-hybridized carbons (Fsp3) is 0.438. The van der Waals surface area contributed by atoms with Crippen LogP contribution in [0, 0.1) is 0 Å². The van der Waals surface area contributed by atoms with E-state index in [1.54, 1.807) is 18.2 Å². The lowest BCUT2D eigenvalue weighted by Gasteiger charge is -2.16. The van der Waals surface area contributed by atoms with Gasteiger partial charge in [-0.2, -0.15) is 0 Å². The minimum atomic E-state index is -0.558. The predicted octanol–water partition coefficient (Wildman–Crippen LogP) is 1.82. The van der Waals surface area contributed by atoms with Gasteiger partial charge in [0.05, 0.1) is 23.0 Å². The first-order valence-corrected chi connectivity index (χ1v) is 8.23. The molecule has 0 heterocycles. The van der Waals surface area contributed by atoms with Gasteiger partial charge in [0.25, 0.3) is 5.91 Å². The molecule has 0 radical (unpaired) electrons. The largest absolute Gasteiger partial charge is 0.455 e. The molecule has 0 aliphatic heterocycles. The van der Waals surface area contributed by atoms with Crippen molar-refractivity contribution >= 4 is 41.0 Å². The summed E-state index contributed by atoms with van der Waals surface area (Å²) in [6.45, 7) is -0.465. The van der Waals surface area contributed by atoms with Crippen LogP contribution < -0.4 is 5.32 Å². The highest BCUT2D eigenvalue weighted by Gasteiger charge is 2.24. The van der Waals surface area contributed by atoms with Crippen molar-refractivity contribution in [3.8, 4) is 0 Å². The molecule has 0 saturated heterocycles. The van der Waals surface area contributed by atoms with Gasteiger partial charge in [-0.3, -0.25) is 14.4 Å². The molecule has 130 valence electrons. The Balaban J connectivity index is 1.72. The molecule has 1 aliphatic rings. The molecule has 24 heavy (non-hydrogen) atoms. The molecule has 1 aliphatic carbocycles. The van der Waals surface area contributed by atoms with Crippen LogP contribution in [0.25, 0.3) is 0 Å². The Bertz CT molecular complexity index is 647. The van der Waals surface area contributed by atoms with E-state index in [0.29, 0.717) is 15.6 Å². The lowest BCUT2D eigenvalue weighted by atomic mass is 10.1. The average molecular weight is 373 g/mol.